The number of ether oxygens (including phenoxy) is 2. The third-order valence-corrected chi connectivity index (χ3v) is 3.93. The maximum atomic E-state index is 5.36. The number of H-pyrrole nitrogens is 1. The Labute approximate surface area is 132 Å². The van der Waals surface area contributed by atoms with Gasteiger partial charge in [0, 0.05) is 18.1 Å². The van der Waals surface area contributed by atoms with E-state index in [2.05, 4.69) is 20.3 Å². The lowest BCUT2D eigenvalue weighted by Crippen LogP contribution is -1.99. The van der Waals surface area contributed by atoms with E-state index in [4.69, 9.17) is 14.0 Å². The van der Waals surface area contributed by atoms with Crippen molar-refractivity contribution in [3.63, 3.8) is 0 Å². The fourth-order valence-corrected chi connectivity index (χ4v) is 2.59. The molecule has 118 valence electrons. The number of aromatic nitrogens is 4. The van der Waals surface area contributed by atoms with Crippen molar-refractivity contribution < 1.29 is 14.0 Å². The zero-order valence-corrected chi connectivity index (χ0v) is 12.7. The summed E-state index contributed by atoms with van der Waals surface area (Å²) in [6.07, 6.45) is 0.930. The second-order valence-corrected chi connectivity index (χ2v) is 5.41. The number of methoxy groups -OCH3 is 1. The van der Waals surface area contributed by atoms with E-state index in [0.717, 1.165) is 30.0 Å². The zero-order chi connectivity index (χ0) is 15.6. The van der Waals surface area contributed by atoms with E-state index in [-0.39, 0.29) is 5.92 Å². The van der Waals surface area contributed by atoms with E-state index in [1.54, 1.807) is 7.11 Å². The molecule has 0 radical (unpaired) electrons. The van der Waals surface area contributed by atoms with E-state index in [0.29, 0.717) is 24.0 Å². The number of aromatic amines is 1. The average molecular weight is 312 g/mol. The Morgan fingerprint density at radius 1 is 1.26 bits per heavy atom. The molecule has 1 unspecified atom stereocenters. The van der Waals surface area contributed by atoms with Crippen molar-refractivity contribution in [3.05, 3.63) is 36.2 Å². The maximum Gasteiger partial charge on any atom is 0.275 e. The molecule has 1 aromatic carbocycles. The summed E-state index contributed by atoms with van der Waals surface area (Å²) < 4.78 is 15.9. The van der Waals surface area contributed by atoms with Gasteiger partial charge in [0.25, 0.3) is 5.89 Å². The van der Waals surface area contributed by atoms with Crippen LogP contribution in [0, 0.1) is 0 Å². The summed E-state index contributed by atoms with van der Waals surface area (Å²) in [7, 11) is 1.64. The van der Waals surface area contributed by atoms with Gasteiger partial charge in [0.1, 0.15) is 11.4 Å². The first-order chi connectivity index (χ1) is 11.3. The Morgan fingerprint density at radius 2 is 2.13 bits per heavy atom. The molecular weight excluding hydrogens is 296 g/mol. The third kappa shape index (κ3) is 2.70. The summed E-state index contributed by atoms with van der Waals surface area (Å²) in [6.45, 7) is 1.40. The van der Waals surface area contributed by atoms with E-state index >= 15 is 0 Å². The van der Waals surface area contributed by atoms with Gasteiger partial charge in [-0.3, -0.25) is 5.10 Å². The van der Waals surface area contributed by atoms with Gasteiger partial charge in [0.05, 0.1) is 19.4 Å². The Kier molecular flexibility index (Phi) is 3.55. The monoisotopic (exact) mass is 312 g/mol. The molecule has 0 saturated carbocycles. The van der Waals surface area contributed by atoms with Crippen LogP contribution in [0.2, 0.25) is 0 Å². The summed E-state index contributed by atoms with van der Waals surface area (Å²) >= 11 is 0. The normalized spacial score (nSPS) is 17.5. The molecule has 4 rings (SSSR count). The van der Waals surface area contributed by atoms with Crippen LogP contribution in [0.15, 0.2) is 34.9 Å². The molecule has 2 aromatic heterocycles. The van der Waals surface area contributed by atoms with Gasteiger partial charge in [-0.25, -0.2) is 0 Å². The van der Waals surface area contributed by atoms with Crippen molar-refractivity contribution in [3.8, 4) is 28.6 Å². The predicted octanol–water partition coefficient (Wildman–Crippen LogP) is 2.64. The Balaban J connectivity index is 1.57. The maximum absolute atomic E-state index is 5.36. The van der Waals surface area contributed by atoms with Crippen molar-refractivity contribution in [2.24, 2.45) is 0 Å². The summed E-state index contributed by atoms with van der Waals surface area (Å²) in [6, 6.07) is 9.59. The number of rotatable bonds is 4. The molecule has 7 heteroatoms. The van der Waals surface area contributed by atoms with Gasteiger partial charge in [-0.2, -0.15) is 10.1 Å². The molecule has 1 atom stereocenters. The van der Waals surface area contributed by atoms with Crippen molar-refractivity contribution in [2.45, 2.75) is 12.3 Å². The Bertz CT molecular complexity index is 788. The SMILES string of the molecule is COc1ccc(-c2cc(-c3nc(C4CCOC4)no3)[nH]n2)cc1. The smallest absolute Gasteiger partial charge is 0.275 e. The van der Waals surface area contributed by atoms with Crippen molar-refractivity contribution in [2.75, 3.05) is 20.3 Å². The number of nitrogens with one attached hydrogen (secondary N) is 1. The van der Waals surface area contributed by atoms with Gasteiger partial charge in [0.15, 0.2) is 5.82 Å². The summed E-state index contributed by atoms with van der Waals surface area (Å²) in [5, 5.41) is 11.3. The quantitative estimate of drug-likeness (QED) is 0.797. The summed E-state index contributed by atoms with van der Waals surface area (Å²) in [5.74, 6) is 2.17. The third-order valence-electron chi connectivity index (χ3n) is 3.93. The molecule has 0 aliphatic carbocycles. The van der Waals surface area contributed by atoms with Gasteiger partial charge in [-0.1, -0.05) is 5.16 Å². The second-order valence-electron chi connectivity index (χ2n) is 5.41. The number of benzene rings is 1. The van der Waals surface area contributed by atoms with Crippen LogP contribution in [0.4, 0.5) is 0 Å². The molecule has 1 saturated heterocycles. The van der Waals surface area contributed by atoms with E-state index in [9.17, 15) is 0 Å². The van der Waals surface area contributed by atoms with Crippen LogP contribution >= 0.6 is 0 Å². The molecule has 3 aromatic rings. The first-order valence-electron chi connectivity index (χ1n) is 7.45. The lowest BCUT2D eigenvalue weighted by molar-refractivity contribution is 0.192. The van der Waals surface area contributed by atoms with Gasteiger partial charge in [-0.05, 0) is 36.8 Å². The van der Waals surface area contributed by atoms with Gasteiger partial charge < -0.3 is 14.0 Å². The fourth-order valence-electron chi connectivity index (χ4n) is 2.59. The molecule has 1 aliphatic rings. The van der Waals surface area contributed by atoms with Crippen LogP contribution in [-0.2, 0) is 4.74 Å². The molecule has 1 N–H and O–H groups in total. The molecule has 0 amide bonds. The lowest BCUT2D eigenvalue weighted by Gasteiger charge is -1.99. The van der Waals surface area contributed by atoms with E-state index in [1.807, 2.05) is 30.3 Å². The number of hydrogen-bond acceptors (Lipinski definition) is 6. The highest BCUT2D eigenvalue weighted by atomic mass is 16.5. The van der Waals surface area contributed by atoms with E-state index < -0.39 is 0 Å². The highest BCUT2D eigenvalue weighted by Gasteiger charge is 2.24. The van der Waals surface area contributed by atoms with Crippen LogP contribution in [-0.4, -0.2) is 40.7 Å². The molecule has 1 fully saturated rings. The van der Waals surface area contributed by atoms with E-state index in [1.165, 1.54) is 0 Å². The second kappa shape index (κ2) is 5.85. The summed E-state index contributed by atoms with van der Waals surface area (Å²) in [5.41, 5.74) is 2.50. The first kappa shape index (κ1) is 14.0. The zero-order valence-electron chi connectivity index (χ0n) is 12.7. The number of nitrogens with zero attached hydrogens (tertiary/aromatic N) is 3. The molecule has 0 spiro atoms. The fraction of sp³-hybridized carbons (Fsp3) is 0.312. The summed E-state index contributed by atoms with van der Waals surface area (Å²) in [4.78, 5) is 4.45. The van der Waals surface area contributed by atoms with Crippen LogP contribution < -0.4 is 4.74 Å². The minimum absolute atomic E-state index is 0.219. The van der Waals surface area contributed by atoms with Crippen LogP contribution in [0.25, 0.3) is 22.8 Å². The van der Waals surface area contributed by atoms with Crippen molar-refractivity contribution in [1.29, 1.82) is 0 Å². The van der Waals surface area contributed by atoms with Gasteiger partial charge >= 0.3 is 0 Å². The van der Waals surface area contributed by atoms with Gasteiger partial charge in [0.2, 0.25) is 0 Å². The predicted molar refractivity (Wildman–Crippen MR) is 82.0 cm³/mol. The lowest BCUT2D eigenvalue weighted by atomic mass is 10.1. The Hall–Kier alpha value is -2.67. The Morgan fingerprint density at radius 3 is 2.87 bits per heavy atom. The van der Waals surface area contributed by atoms with Crippen molar-refractivity contribution in [1.82, 2.24) is 20.3 Å². The van der Waals surface area contributed by atoms with Crippen LogP contribution in [0.1, 0.15) is 18.2 Å². The highest BCUT2D eigenvalue weighted by molar-refractivity contribution is 5.64. The average Bonchev–Trinajstić information content (AvgIpc) is 3.34. The van der Waals surface area contributed by atoms with Crippen LogP contribution in [0.5, 0.6) is 5.75 Å². The molecule has 7 nitrogen and oxygen atoms in total. The molecule has 3 heterocycles. The minimum atomic E-state index is 0.219. The topological polar surface area (TPSA) is 86.1 Å². The largest absolute Gasteiger partial charge is 0.497 e. The molecule has 1 aliphatic heterocycles. The molecular formula is C16H16N4O3. The minimum Gasteiger partial charge on any atom is -0.497 e. The first-order valence-corrected chi connectivity index (χ1v) is 7.45. The molecule has 23 heavy (non-hydrogen) atoms. The highest BCUT2D eigenvalue weighted by Crippen LogP contribution is 2.27. The van der Waals surface area contributed by atoms with Gasteiger partial charge in [-0.15, -0.1) is 0 Å². The number of hydrogen-bond donors (Lipinski definition) is 1. The molecule has 0 bridgehead atoms. The van der Waals surface area contributed by atoms with Crippen LogP contribution in [0.3, 0.4) is 0 Å². The standard InChI is InChI=1S/C16H16N4O3/c1-21-12-4-2-10(3-5-12)13-8-14(19-18-13)16-17-15(20-23-16)11-6-7-22-9-11/h2-5,8,11H,6-7,9H2,1H3,(H,18,19). The van der Waals surface area contributed by atoms with Crippen molar-refractivity contribution >= 4 is 0 Å².